The standard InChI is InChI=1S/C14H12ClNO3S/c1-10-2-6-13(7-3-10)20(18,19)16-9-11-4-5-12(15)8-14(11)17/h2-9,17H,1H3/b16-9+. The van der Waals surface area contributed by atoms with Crippen LogP contribution in [0.4, 0.5) is 0 Å². The highest BCUT2D eigenvalue weighted by atomic mass is 35.5. The van der Waals surface area contributed by atoms with Crippen LogP contribution >= 0.6 is 11.6 Å². The van der Waals surface area contributed by atoms with Gasteiger partial charge in [0.05, 0.1) is 11.1 Å². The maximum absolute atomic E-state index is 12.0. The molecular formula is C14H12ClNO3S. The Balaban J connectivity index is 2.32. The highest BCUT2D eigenvalue weighted by Crippen LogP contribution is 2.21. The number of nitrogens with zero attached hydrogens (tertiary/aromatic N) is 1. The summed E-state index contributed by atoms with van der Waals surface area (Å²) in [5, 5.41) is 9.99. The van der Waals surface area contributed by atoms with Crippen molar-refractivity contribution in [1.82, 2.24) is 0 Å². The first-order valence-electron chi connectivity index (χ1n) is 5.74. The first-order valence-corrected chi connectivity index (χ1v) is 7.56. The number of phenolic OH excluding ortho intramolecular Hbond substituents is 1. The first-order chi connectivity index (χ1) is 9.38. The number of aromatic hydroxyl groups is 1. The van der Waals surface area contributed by atoms with E-state index in [1.165, 1.54) is 24.3 Å². The predicted molar refractivity (Wildman–Crippen MR) is 79.1 cm³/mol. The molecule has 2 rings (SSSR count). The molecule has 0 aliphatic heterocycles. The SMILES string of the molecule is Cc1ccc(S(=O)(=O)/N=C/c2ccc(Cl)cc2O)cc1. The van der Waals surface area contributed by atoms with Gasteiger partial charge in [-0.3, -0.25) is 0 Å². The van der Waals surface area contributed by atoms with Crippen LogP contribution < -0.4 is 0 Å². The van der Waals surface area contributed by atoms with Crippen LogP contribution in [0.25, 0.3) is 0 Å². The molecule has 0 unspecified atom stereocenters. The van der Waals surface area contributed by atoms with E-state index in [1.54, 1.807) is 18.2 Å². The number of aryl methyl sites for hydroxylation is 1. The lowest BCUT2D eigenvalue weighted by atomic mass is 10.2. The van der Waals surface area contributed by atoms with Gasteiger partial charge in [0.1, 0.15) is 5.75 Å². The molecule has 0 saturated carbocycles. The number of sulfonamides is 1. The quantitative estimate of drug-likeness (QED) is 0.886. The normalized spacial score (nSPS) is 11.9. The molecule has 0 amide bonds. The molecule has 2 aromatic rings. The third-order valence-corrected chi connectivity index (χ3v) is 4.13. The maximum atomic E-state index is 12.0. The minimum atomic E-state index is -3.78. The molecule has 0 radical (unpaired) electrons. The van der Waals surface area contributed by atoms with E-state index in [0.717, 1.165) is 11.8 Å². The van der Waals surface area contributed by atoms with Crippen molar-refractivity contribution in [2.45, 2.75) is 11.8 Å². The van der Waals surface area contributed by atoms with Crippen LogP contribution in [0.15, 0.2) is 51.8 Å². The van der Waals surface area contributed by atoms with Crippen molar-refractivity contribution in [1.29, 1.82) is 0 Å². The zero-order valence-corrected chi connectivity index (χ0v) is 12.2. The molecular weight excluding hydrogens is 298 g/mol. The molecule has 20 heavy (non-hydrogen) atoms. The van der Waals surface area contributed by atoms with Crippen molar-refractivity contribution in [3.05, 3.63) is 58.6 Å². The van der Waals surface area contributed by atoms with E-state index in [0.29, 0.717) is 5.02 Å². The zero-order chi connectivity index (χ0) is 14.8. The Morgan fingerprint density at radius 2 is 1.80 bits per heavy atom. The Morgan fingerprint density at radius 1 is 1.15 bits per heavy atom. The van der Waals surface area contributed by atoms with Crippen molar-refractivity contribution >= 4 is 27.8 Å². The summed E-state index contributed by atoms with van der Waals surface area (Å²) in [6, 6.07) is 10.7. The molecule has 0 aliphatic carbocycles. The van der Waals surface area contributed by atoms with Crippen LogP contribution in [0.5, 0.6) is 5.75 Å². The topological polar surface area (TPSA) is 66.7 Å². The second kappa shape index (κ2) is 5.64. The van der Waals surface area contributed by atoms with Crippen molar-refractivity contribution in [3.63, 3.8) is 0 Å². The monoisotopic (exact) mass is 309 g/mol. The van der Waals surface area contributed by atoms with Crippen LogP contribution in [-0.2, 0) is 10.0 Å². The lowest BCUT2D eigenvalue weighted by molar-refractivity contribution is 0.474. The van der Waals surface area contributed by atoms with Gasteiger partial charge in [0.25, 0.3) is 10.0 Å². The number of rotatable bonds is 3. The fourth-order valence-electron chi connectivity index (χ4n) is 1.52. The van der Waals surface area contributed by atoms with Gasteiger partial charge in [-0.15, -0.1) is 0 Å². The van der Waals surface area contributed by atoms with Crippen LogP contribution in [0.1, 0.15) is 11.1 Å². The smallest absolute Gasteiger partial charge is 0.282 e. The predicted octanol–water partition coefficient (Wildman–Crippen LogP) is 3.16. The summed E-state index contributed by atoms with van der Waals surface area (Å²) in [6.45, 7) is 1.87. The van der Waals surface area contributed by atoms with E-state index in [9.17, 15) is 13.5 Å². The summed E-state index contributed by atoms with van der Waals surface area (Å²) >= 11 is 5.69. The molecule has 1 N–H and O–H groups in total. The first kappa shape index (κ1) is 14.6. The van der Waals surface area contributed by atoms with Gasteiger partial charge in [-0.25, -0.2) is 0 Å². The second-order valence-electron chi connectivity index (χ2n) is 4.23. The molecule has 6 heteroatoms. The maximum Gasteiger partial charge on any atom is 0.282 e. The number of phenols is 1. The molecule has 0 aromatic heterocycles. The van der Waals surface area contributed by atoms with Crippen LogP contribution in [-0.4, -0.2) is 19.7 Å². The van der Waals surface area contributed by atoms with E-state index in [4.69, 9.17) is 11.6 Å². The Morgan fingerprint density at radius 3 is 2.40 bits per heavy atom. The van der Waals surface area contributed by atoms with Gasteiger partial charge < -0.3 is 5.11 Å². The van der Waals surface area contributed by atoms with E-state index in [-0.39, 0.29) is 16.2 Å². The molecule has 0 aliphatic rings. The zero-order valence-electron chi connectivity index (χ0n) is 10.6. The van der Waals surface area contributed by atoms with Gasteiger partial charge in [-0.1, -0.05) is 29.3 Å². The molecule has 2 aromatic carbocycles. The Bertz CT molecular complexity index is 752. The van der Waals surface area contributed by atoms with Crippen molar-refractivity contribution < 1.29 is 13.5 Å². The van der Waals surface area contributed by atoms with Crippen LogP contribution in [0, 0.1) is 6.92 Å². The molecule has 0 heterocycles. The number of hydrogen-bond donors (Lipinski definition) is 1. The minimum Gasteiger partial charge on any atom is -0.507 e. The fourth-order valence-corrected chi connectivity index (χ4v) is 2.54. The van der Waals surface area contributed by atoms with E-state index in [1.807, 2.05) is 6.92 Å². The third kappa shape index (κ3) is 3.37. The molecule has 104 valence electrons. The lowest BCUT2D eigenvalue weighted by Crippen LogP contribution is -1.98. The van der Waals surface area contributed by atoms with Crippen molar-refractivity contribution in [2.24, 2.45) is 4.40 Å². The van der Waals surface area contributed by atoms with Crippen molar-refractivity contribution in [2.75, 3.05) is 0 Å². The molecule has 0 saturated heterocycles. The summed E-state index contributed by atoms with van der Waals surface area (Å²) < 4.78 is 27.5. The van der Waals surface area contributed by atoms with Gasteiger partial charge in [-0.05, 0) is 37.3 Å². The summed E-state index contributed by atoms with van der Waals surface area (Å²) in [6.07, 6.45) is 1.10. The number of hydrogen-bond acceptors (Lipinski definition) is 3. The van der Waals surface area contributed by atoms with E-state index < -0.39 is 10.0 Å². The molecule has 0 bridgehead atoms. The molecule has 4 nitrogen and oxygen atoms in total. The highest BCUT2D eigenvalue weighted by Gasteiger charge is 2.11. The average molecular weight is 310 g/mol. The van der Waals surface area contributed by atoms with E-state index >= 15 is 0 Å². The number of benzene rings is 2. The summed E-state index contributed by atoms with van der Waals surface area (Å²) in [4.78, 5) is 0.104. The van der Waals surface area contributed by atoms with Gasteiger partial charge in [0, 0.05) is 10.6 Å². The fraction of sp³-hybridized carbons (Fsp3) is 0.0714. The highest BCUT2D eigenvalue weighted by molar-refractivity contribution is 7.90. The second-order valence-corrected chi connectivity index (χ2v) is 6.29. The summed E-state index contributed by atoms with van der Waals surface area (Å²) in [5.74, 6) is -0.125. The average Bonchev–Trinajstić information content (AvgIpc) is 2.38. The molecule has 0 atom stereocenters. The van der Waals surface area contributed by atoms with Crippen LogP contribution in [0.2, 0.25) is 5.02 Å². The number of halogens is 1. The van der Waals surface area contributed by atoms with Gasteiger partial charge in [0.15, 0.2) is 0 Å². The van der Waals surface area contributed by atoms with Crippen LogP contribution in [0.3, 0.4) is 0 Å². The van der Waals surface area contributed by atoms with Crippen molar-refractivity contribution in [3.8, 4) is 5.75 Å². The van der Waals surface area contributed by atoms with E-state index in [2.05, 4.69) is 4.40 Å². The summed E-state index contributed by atoms with van der Waals surface area (Å²) in [7, 11) is -3.78. The molecule has 0 fully saturated rings. The van der Waals surface area contributed by atoms with Gasteiger partial charge in [0.2, 0.25) is 0 Å². The Hall–Kier alpha value is -1.85. The summed E-state index contributed by atoms with van der Waals surface area (Å²) in [5.41, 5.74) is 1.24. The van der Waals surface area contributed by atoms with Gasteiger partial charge in [-0.2, -0.15) is 12.8 Å². The largest absolute Gasteiger partial charge is 0.507 e. The molecule has 0 spiro atoms. The Labute approximate surface area is 122 Å². The Kier molecular flexibility index (Phi) is 4.11. The lowest BCUT2D eigenvalue weighted by Gasteiger charge is -2.01. The minimum absolute atomic E-state index is 0.104. The van der Waals surface area contributed by atoms with Gasteiger partial charge >= 0.3 is 0 Å². The third-order valence-electron chi connectivity index (χ3n) is 2.64.